The van der Waals surface area contributed by atoms with Gasteiger partial charge in [0.2, 0.25) is 17.7 Å². The van der Waals surface area contributed by atoms with Crippen LogP contribution in [0.2, 0.25) is 0 Å². The Bertz CT molecular complexity index is 396. The number of amides is 3. The Morgan fingerprint density at radius 1 is 1.53 bits per heavy atom. The third-order valence-corrected chi connectivity index (χ3v) is 2.84. The summed E-state index contributed by atoms with van der Waals surface area (Å²) in [6, 6.07) is -1.60. The molecule has 1 aliphatic rings. The molecule has 3 amide bonds. The van der Waals surface area contributed by atoms with E-state index in [1.54, 1.807) is 0 Å². The molecule has 8 nitrogen and oxygen atoms in total. The third kappa shape index (κ3) is 4.57. The highest BCUT2D eigenvalue weighted by molar-refractivity contribution is 5.93. The van der Waals surface area contributed by atoms with E-state index in [0.29, 0.717) is 6.42 Å². The van der Waals surface area contributed by atoms with Gasteiger partial charge in [0.25, 0.3) is 0 Å². The van der Waals surface area contributed by atoms with Crippen LogP contribution in [0.25, 0.3) is 0 Å². The van der Waals surface area contributed by atoms with E-state index in [4.69, 9.17) is 5.73 Å². The van der Waals surface area contributed by atoms with Crippen LogP contribution in [0.15, 0.2) is 0 Å². The average molecular weight is 271 g/mol. The van der Waals surface area contributed by atoms with Crippen LogP contribution in [0, 0.1) is 0 Å². The van der Waals surface area contributed by atoms with Gasteiger partial charge in [-0.25, -0.2) is 0 Å². The fourth-order valence-corrected chi connectivity index (χ4v) is 1.73. The van der Waals surface area contributed by atoms with Gasteiger partial charge in [-0.3, -0.25) is 19.2 Å². The summed E-state index contributed by atoms with van der Waals surface area (Å²) < 4.78 is 4.44. The van der Waals surface area contributed by atoms with Crippen molar-refractivity contribution in [2.24, 2.45) is 5.73 Å². The lowest BCUT2D eigenvalue weighted by atomic mass is 10.1. The second kappa shape index (κ2) is 6.72. The van der Waals surface area contributed by atoms with Crippen LogP contribution in [0.5, 0.6) is 0 Å². The van der Waals surface area contributed by atoms with Crippen LogP contribution in [0.1, 0.15) is 25.7 Å². The Morgan fingerprint density at radius 2 is 2.21 bits per heavy atom. The van der Waals surface area contributed by atoms with Crippen molar-refractivity contribution in [2.45, 2.75) is 37.8 Å². The van der Waals surface area contributed by atoms with Crippen LogP contribution < -0.4 is 16.4 Å². The maximum atomic E-state index is 11.8. The molecule has 4 N–H and O–H groups in total. The lowest BCUT2D eigenvalue weighted by Crippen LogP contribution is -2.50. The zero-order valence-corrected chi connectivity index (χ0v) is 10.6. The largest absolute Gasteiger partial charge is 0.469 e. The molecule has 0 radical (unpaired) electrons. The van der Waals surface area contributed by atoms with E-state index >= 15 is 0 Å². The Labute approximate surface area is 110 Å². The van der Waals surface area contributed by atoms with Crippen molar-refractivity contribution in [3.05, 3.63) is 0 Å². The monoisotopic (exact) mass is 271 g/mol. The third-order valence-electron chi connectivity index (χ3n) is 2.84. The van der Waals surface area contributed by atoms with Crippen molar-refractivity contribution in [2.75, 3.05) is 7.11 Å². The normalized spacial score (nSPS) is 19.4. The number of hydrogen-bond acceptors (Lipinski definition) is 5. The van der Waals surface area contributed by atoms with Gasteiger partial charge >= 0.3 is 5.97 Å². The number of methoxy groups -OCH3 is 1. The standard InChI is InChI=1S/C11H17N3O5/c1-19-9(16)5-3-6(10(12)17)14-11(18)7-2-4-8(15)13-7/h6-7H,2-5H2,1H3,(H2,12,17)(H,13,15)(H,14,18)/t6-,7-/m0/s1. The number of hydrogen-bond donors (Lipinski definition) is 3. The van der Waals surface area contributed by atoms with Crippen molar-refractivity contribution in [3.63, 3.8) is 0 Å². The van der Waals surface area contributed by atoms with Crippen molar-refractivity contribution in [3.8, 4) is 0 Å². The zero-order chi connectivity index (χ0) is 14.4. The Kier molecular flexibility index (Phi) is 5.28. The molecule has 1 fully saturated rings. The minimum absolute atomic E-state index is 0.0264. The highest BCUT2D eigenvalue weighted by Gasteiger charge is 2.29. The number of ether oxygens (including phenoxy) is 1. The molecule has 0 spiro atoms. The highest BCUT2D eigenvalue weighted by atomic mass is 16.5. The smallest absolute Gasteiger partial charge is 0.305 e. The Hall–Kier alpha value is -2.12. The number of esters is 1. The summed E-state index contributed by atoms with van der Waals surface area (Å²) in [5.41, 5.74) is 5.15. The van der Waals surface area contributed by atoms with Crippen LogP contribution >= 0.6 is 0 Å². The molecule has 0 unspecified atom stereocenters. The van der Waals surface area contributed by atoms with E-state index in [-0.39, 0.29) is 25.2 Å². The summed E-state index contributed by atoms with van der Waals surface area (Å²) in [4.78, 5) is 44.9. The molecule has 8 heteroatoms. The molecule has 0 bridgehead atoms. The maximum Gasteiger partial charge on any atom is 0.305 e. The molecule has 0 aliphatic carbocycles. The van der Waals surface area contributed by atoms with E-state index in [1.165, 1.54) is 7.11 Å². The molecule has 0 saturated carbocycles. The molecular formula is C11H17N3O5. The first-order valence-electron chi connectivity index (χ1n) is 5.90. The van der Waals surface area contributed by atoms with Crippen molar-refractivity contribution in [1.29, 1.82) is 0 Å². The predicted molar refractivity (Wildman–Crippen MR) is 63.5 cm³/mol. The quantitative estimate of drug-likeness (QED) is 0.490. The van der Waals surface area contributed by atoms with E-state index in [2.05, 4.69) is 15.4 Å². The van der Waals surface area contributed by atoms with Gasteiger partial charge in [0, 0.05) is 12.8 Å². The fraction of sp³-hybridized carbons (Fsp3) is 0.636. The van der Waals surface area contributed by atoms with E-state index in [9.17, 15) is 19.2 Å². The Balaban J connectivity index is 2.48. The summed E-state index contributed by atoms with van der Waals surface area (Å²) in [6.45, 7) is 0. The molecule has 0 aromatic carbocycles. The minimum atomic E-state index is -0.955. The molecule has 1 aliphatic heterocycles. The molecule has 0 aromatic rings. The minimum Gasteiger partial charge on any atom is -0.469 e. The second-order valence-corrected chi connectivity index (χ2v) is 4.24. The van der Waals surface area contributed by atoms with Crippen molar-refractivity contribution < 1.29 is 23.9 Å². The predicted octanol–water partition coefficient (Wildman–Crippen LogP) is -1.81. The first-order chi connectivity index (χ1) is 8.93. The Morgan fingerprint density at radius 3 is 2.68 bits per heavy atom. The lowest BCUT2D eigenvalue weighted by Gasteiger charge is -2.17. The molecule has 1 heterocycles. The van der Waals surface area contributed by atoms with Crippen molar-refractivity contribution in [1.82, 2.24) is 10.6 Å². The van der Waals surface area contributed by atoms with Gasteiger partial charge in [0.1, 0.15) is 12.1 Å². The van der Waals surface area contributed by atoms with Gasteiger partial charge in [-0.05, 0) is 12.8 Å². The summed E-state index contributed by atoms with van der Waals surface area (Å²) in [5.74, 6) is -1.90. The number of carbonyl (C=O) groups excluding carboxylic acids is 4. The second-order valence-electron chi connectivity index (χ2n) is 4.24. The summed E-state index contributed by atoms with van der Waals surface area (Å²) in [7, 11) is 1.23. The summed E-state index contributed by atoms with van der Waals surface area (Å²) in [5, 5.41) is 4.90. The number of primary amides is 1. The number of nitrogens with two attached hydrogens (primary N) is 1. The zero-order valence-electron chi connectivity index (χ0n) is 10.6. The SMILES string of the molecule is COC(=O)CC[C@H](NC(=O)[C@@H]1CCC(=O)N1)C(N)=O. The maximum absolute atomic E-state index is 11.8. The molecule has 19 heavy (non-hydrogen) atoms. The average Bonchev–Trinajstić information content (AvgIpc) is 2.80. The van der Waals surface area contributed by atoms with Crippen molar-refractivity contribution >= 4 is 23.7 Å². The number of carbonyl (C=O) groups is 4. The summed E-state index contributed by atoms with van der Waals surface area (Å²) >= 11 is 0. The topological polar surface area (TPSA) is 128 Å². The van der Waals surface area contributed by atoms with E-state index < -0.39 is 29.9 Å². The van der Waals surface area contributed by atoms with Crippen LogP contribution in [-0.4, -0.2) is 42.9 Å². The molecule has 2 atom stereocenters. The van der Waals surface area contributed by atoms with Gasteiger partial charge in [0.05, 0.1) is 7.11 Å². The summed E-state index contributed by atoms with van der Waals surface area (Å²) in [6.07, 6.45) is 0.699. The van der Waals surface area contributed by atoms with E-state index in [0.717, 1.165) is 0 Å². The van der Waals surface area contributed by atoms with Gasteiger partial charge < -0.3 is 21.1 Å². The van der Waals surface area contributed by atoms with Gasteiger partial charge in [0.15, 0.2) is 0 Å². The molecule has 0 aromatic heterocycles. The van der Waals surface area contributed by atoms with Crippen LogP contribution in [0.3, 0.4) is 0 Å². The molecule has 1 saturated heterocycles. The van der Waals surface area contributed by atoms with Gasteiger partial charge in [-0.15, -0.1) is 0 Å². The van der Waals surface area contributed by atoms with Crippen LogP contribution in [-0.2, 0) is 23.9 Å². The molecule has 1 rings (SSSR count). The van der Waals surface area contributed by atoms with Gasteiger partial charge in [-0.1, -0.05) is 0 Å². The lowest BCUT2D eigenvalue weighted by molar-refractivity contribution is -0.141. The van der Waals surface area contributed by atoms with Gasteiger partial charge in [-0.2, -0.15) is 0 Å². The highest BCUT2D eigenvalue weighted by Crippen LogP contribution is 2.07. The van der Waals surface area contributed by atoms with E-state index in [1.807, 2.05) is 0 Å². The molecular weight excluding hydrogens is 254 g/mol. The number of rotatable bonds is 6. The first-order valence-corrected chi connectivity index (χ1v) is 5.90. The first kappa shape index (κ1) is 14.9. The fourth-order valence-electron chi connectivity index (χ4n) is 1.73. The van der Waals surface area contributed by atoms with Crippen LogP contribution in [0.4, 0.5) is 0 Å². The molecule has 106 valence electrons. The number of nitrogens with one attached hydrogen (secondary N) is 2.